The molecular weight excluding hydrogens is 173 g/mol. The van der Waals surface area contributed by atoms with Crippen molar-refractivity contribution in [3.63, 3.8) is 0 Å². The number of ether oxygens (including phenoxy) is 1. The van der Waals surface area contributed by atoms with Crippen molar-refractivity contribution in [2.24, 2.45) is 0 Å². The van der Waals surface area contributed by atoms with E-state index in [0.717, 1.165) is 0 Å². The first kappa shape index (κ1) is 9.79. The Balaban J connectivity index is 0.000000810. The molecule has 10 heavy (non-hydrogen) atoms. The zero-order valence-electron chi connectivity index (χ0n) is 5.77. The zero-order chi connectivity index (χ0) is 7.07. The van der Waals surface area contributed by atoms with E-state index in [9.17, 15) is 0 Å². The fourth-order valence-corrected chi connectivity index (χ4v) is 0.780. The first-order chi connectivity index (χ1) is 4.02. The molecule has 0 saturated carbocycles. The van der Waals surface area contributed by atoms with E-state index in [0.29, 0.717) is 5.03 Å². The zero-order valence-corrected chi connectivity index (χ0v) is 7.34. The van der Waals surface area contributed by atoms with Gasteiger partial charge < -0.3 is 4.74 Å². The maximum absolute atomic E-state index is 7.05. The predicted octanol–water partition coefficient (Wildman–Crippen LogP) is 2.32. The van der Waals surface area contributed by atoms with Crippen LogP contribution in [0.5, 0.6) is 0 Å². The number of nitrogens with one attached hydrogen (secondary N) is 1. The minimum atomic E-state index is -0.474. The van der Waals surface area contributed by atoms with Gasteiger partial charge in [0.15, 0.2) is 0 Å². The van der Waals surface area contributed by atoms with Gasteiger partial charge in [-0.05, 0) is 13.8 Å². The summed E-state index contributed by atoms with van der Waals surface area (Å²) in [5.41, 5.74) is -0.474. The van der Waals surface area contributed by atoms with Crippen LogP contribution in [0.3, 0.4) is 0 Å². The summed E-state index contributed by atoms with van der Waals surface area (Å²) in [6.45, 7) is 3.65. The minimum Gasteiger partial charge on any atom is -0.466 e. The number of hydrogen-bond donors (Lipinski definition) is 1. The number of rotatable bonds is 0. The summed E-state index contributed by atoms with van der Waals surface area (Å²) in [7, 11) is 0. The molecule has 0 radical (unpaired) electrons. The molecule has 1 N–H and O–H groups in total. The van der Waals surface area contributed by atoms with Crippen LogP contribution in [0.4, 0.5) is 0 Å². The third kappa shape index (κ3) is 1.64. The first-order valence-electron chi connectivity index (χ1n) is 2.67. The van der Waals surface area contributed by atoms with Gasteiger partial charge in [-0.25, -0.2) is 0 Å². The molecule has 1 aliphatic heterocycles. The van der Waals surface area contributed by atoms with Gasteiger partial charge in [0.2, 0.25) is 5.90 Å². The van der Waals surface area contributed by atoms with E-state index in [-0.39, 0.29) is 18.3 Å². The molecule has 2 nitrogen and oxygen atoms in total. The van der Waals surface area contributed by atoms with Gasteiger partial charge in [0.25, 0.3) is 0 Å². The van der Waals surface area contributed by atoms with E-state index in [1.54, 1.807) is 0 Å². The Morgan fingerprint density at radius 1 is 1.60 bits per heavy atom. The van der Waals surface area contributed by atoms with Gasteiger partial charge >= 0.3 is 0 Å². The first-order valence-corrected chi connectivity index (χ1v) is 3.05. The topological polar surface area (TPSA) is 33.1 Å². The van der Waals surface area contributed by atoms with Gasteiger partial charge in [0, 0.05) is 6.08 Å². The Morgan fingerprint density at radius 2 is 2.10 bits per heavy atom. The van der Waals surface area contributed by atoms with Gasteiger partial charge in [0.05, 0.1) is 5.03 Å². The van der Waals surface area contributed by atoms with Crippen molar-refractivity contribution in [1.29, 1.82) is 5.41 Å². The molecule has 0 spiro atoms. The molecule has 0 saturated heterocycles. The average Bonchev–Trinajstić information content (AvgIpc) is 1.79. The molecule has 0 bridgehead atoms. The highest BCUT2D eigenvalue weighted by atomic mass is 35.5. The van der Waals surface area contributed by atoms with E-state index >= 15 is 0 Å². The van der Waals surface area contributed by atoms with Crippen LogP contribution in [0.2, 0.25) is 0 Å². The molecule has 4 heteroatoms. The Morgan fingerprint density at radius 3 is 2.20 bits per heavy atom. The standard InChI is InChI=1S/C6H8ClNO.ClH/c1-6(2)4(7)3-5(8)9-6;/h3,8H,1-2H3;1H. The fourth-order valence-electron chi connectivity index (χ4n) is 0.642. The van der Waals surface area contributed by atoms with Crippen molar-refractivity contribution in [1.82, 2.24) is 0 Å². The molecule has 1 rings (SSSR count). The molecule has 0 aromatic rings. The lowest BCUT2D eigenvalue weighted by Crippen LogP contribution is -2.20. The predicted molar refractivity (Wildman–Crippen MR) is 44.1 cm³/mol. The van der Waals surface area contributed by atoms with Crippen LogP contribution in [0.25, 0.3) is 0 Å². The van der Waals surface area contributed by atoms with Gasteiger partial charge in [-0.2, -0.15) is 0 Å². The minimum absolute atomic E-state index is 0. The lowest BCUT2D eigenvalue weighted by Gasteiger charge is -2.17. The van der Waals surface area contributed by atoms with Crippen molar-refractivity contribution in [3.05, 3.63) is 11.1 Å². The highest BCUT2D eigenvalue weighted by Crippen LogP contribution is 2.29. The molecule has 1 heterocycles. The van der Waals surface area contributed by atoms with Crippen LogP contribution >= 0.6 is 24.0 Å². The highest BCUT2D eigenvalue weighted by Gasteiger charge is 2.30. The maximum Gasteiger partial charge on any atom is 0.207 e. The van der Waals surface area contributed by atoms with Crippen molar-refractivity contribution >= 4 is 29.9 Å². The molecule has 0 aliphatic carbocycles. The van der Waals surface area contributed by atoms with Gasteiger partial charge in [-0.3, -0.25) is 5.41 Å². The quantitative estimate of drug-likeness (QED) is 0.612. The van der Waals surface area contributed by atoms with Crippen LogP contribution < -0.4 is 0 Å². The molecule has 58 valence electrons. The summed E-state index contributed by atoms with van der Waals surface area (Å²) in [6.07, 6.45) is 1.52. The molecule has 0 unspecified atom stereocenters. The maximum atomic E-state index is 7.05. The van der Waals surface area contributed by atoms with Gasteiger partial charge in [-0.1, -0.05) is 11.6 Å². The second-order valence-electron chi connectivity index (χ2n) is 2.47. The average molecular weight is 182 g/mol. The molecular formula is C6H9Cl2NO. The Hall–Kier alpha value is -0.210. The van der Waals surface area contributed by atoms with E-state index in [1.165, 1.54) is 6.08 Å². The fraction of sp³-hybridized carbons (Fsp3) is 0.500. The molecule has 0 aromatic carbocycles. The lowest BCUT2D eigenvalue weighted by atomic mass is 10.1. The van der Waals surface area contributed by atoms with Gasteiger partial charge in [0.1, 0.15) is 5.60 Å². The summed E-state index contributed by atoms with van der Waals surface area (Å²) in [4.78, 5) is 0. The van der Waals surface area contributed by atoms with Crippen LogP contribution in [0.15, 0.2) is 11.1 Å². The molecule has 0 amide bonds. The SMILES string of the molecule is CC1(C)OC(=N)C=C1Cl.Cl. The Labute approximate surface area is 71.1 Å². The number of hydrogen-bond acceptors (Lipinski definition) is 2. The summed E-state index contributed by atoms with van der Waals surface area (Å²) in [5.74, 6) is 0.144. The Bertz CT molecular complexity index is 186. The third-order valence-corrected chi connectivity index (χ3v) is 1.76. The van der Waals surface area contributed by atoms with E-state index in [4.69, 9.17) is 21.7 Å². The van der Waals surface area contributed by atoms with Crippen molar-refractivity contribution in [2.45, 2.75) is 19.4 Å². The van der Waals surface area contributed by atoms with Crippen molar-refractivity contribution in [2.75, 3.05) is 0 Å². The number of halogens is 2. The summed E-state index contributed by atoms with van der Waals surface area (Å²) < 4.78 is 5.02. The van der Waals surface area contributed by atoms with E-state index in [1.807, 2.05) is 13.8 Å². The molecule has 1 aliphatic rings. The van der Waals surface area contributed by atoms with Crippen LogP contribution in [-0.4, -0.2) is 11.5 Å². The summed E-state index contributed by atoms with van der Waals surface area (Å²) in [5, 5.41) is 7.64. The monoisotopic (exact) mass is 181 g/mol. The van der Waals surface area contributed by atoms with Crippen molar-refractivity contribution in [3.8, 4) is 0 Å². The highest BCUT2D eigenvalue weighted by molar-refractivity contribution is 6.32. The Kier molecular flexibility index (Phi) is 2.75. The lowest BCUT2D eigenvalue weighted by molar-refractivity contribution is 0.156. The van der Waals surface area contributed by atoms with Crippen LogP contribution in [0, 0.1) is 5.41 Å². The molecule has 0 fully saturated rings. The summed E-state index contributed by atoms with van der Waals surface area (Å²) >= 11 is 5.69. The molecule has 0 aromatic heterocycles. The smallest absolute Gasteiger partial charge is 0.207 e. The van der Waals surface area contributed by atoms with Crippen molar-refractivity contribution < 1.29 is 4.74 Å². The van der Waals surface area contributed by atoms with E-state index < -0.39 is 5.60 Å². The third-order valence-electron chi connectivity index (χ3n) is 1.20. The van der Waals surface area contributed by atoms with Crippen LogP contribution in [0.1, 0.15) is 13.8 Å². The normalized spacial score (nSPS) is 21.1. The van der Waals surface area contributed by atoms with Gasteiger partial charge in [-0.15, -0.1) is 12.4 Å². The largest absolute Gasteiger partial charge is 0.466 e. The van der Waals surface area contributed by atoms with Crippen LogP contribution in [-0.2, 0) is 4.74 Å². The second-order valence-corrected chi connectivity index (χ2v) is 2.88. The molecule has 0 atom stereocenters. The van der Waals surface area contributed by atoms with E-state index in [2.05, 4.69) is 0 Å². The summed E-state index contributed by atoms with van der Waals surface area (Å²) in [6, 6.07) is 0. The second kappa shape index (κ2) is 2.81.